The van der Waals surface area contributed by atoms with E-state index in [4.69, 9.17) is 5.11 Å². The Morgan fingerprint density at radius 1 is 1.14 bits per heavy atom. The molecular formula is C17H26N2O2. The molecule has 116 valence electrons. The van der Waals surface area contributed by atoms with E-state index in [1.807, 2.05) is 19.9 Å². The van der Waals surface area contributed by atoms with Gasteiger partial charge in [0.05, 0.1) is 5.41 Å². The summed E-state index contributed by atoms with van der Waals surface area (Å²) < 4.78 is 0. The van der Waals surface area contributed by atoms with Crippen LogP contribution < -0.4 is 4.90 Å². The van der Waals surface area contributed by atoms with Crippen LogP contribution in [0.5, 0.6) is 0 Å². The molecule has 0 spiro atoms. The van der Waals surface area contributed by atoms with Crippen molar-refractivity contribution in [2.24, 2.45) is 5.41 Å². The van der Waals surface area contributed by atoms with Crippen LogP contribution in [0.4, 0.5) is 5.69 Å². The van der Waals surface area contributed by atoms with E-state index in [9.17, 15) is 4.79 Å². The molecule has 1 fully saturated rings. The van der Waals surface area contributed by atoms with Gasteiger partial charge in [0, 0.05) is 31.9 Å². The molecule has 4 nitrogen and oxygen atoms in total. The highest BCUT2D eigenvalue weighted by Gasteiger charge is 2.26. The number of carbonyl (C=O) groups is 1. The predicted molar refractivity (Wildman–Crippen MR) is 85.7 cm³/mol. The number of para-hydroxylation sites is 1. The summed E-state index contributed by atoms with van der Waals surface area (Å²) in [7, 11) is 0. The number of carboxylic acid groups (broad SMARTS) is 1. The molecule has 0 bridgehead atoms. The quantitative estimate of drug-likeness (QED) is 0.875. The van der Waals surface area contributed by atoms with E-state index in [1.165, 1.54) is 5.69 Å². The summed E-state index contributed by atoms with van der Waals surface area (Å²) in [5.74, 6) is -0.698. The van der Waals surface area contributed by atoms with Gasteiger partial charge in [0.25, 0.3) is 0 Å². The first kappa shape index (κ1) is 15.8. The fourth-order valence-corrected chi connectivity index (χ4v) is 2.72. The molecule has 0 atom stereocenters. The smallest absolute Gasteiger partial charge is 0.309 e. The van der Waals surface area contributed by atoms with E-state index in [-0.39, 0.29) is 0 Å². The molecule has 1 aromatic rings. The van der Waals surface area contributed by atoms with Crippen LogP contribution in [0.3, 0.4) is 0 Å². The first-order valence-corrected chi connectivity index (χ1v) is 7.75. The van der Waals surface area contributed by atoms with Crippen LogP contribution in [0, 0.1) is 5.41 Å². The minimum atomic E-state index is -0.698. The lowest BCUT2D eigenvalue weighted by Gasteiger charge is -2.36. The second-order valence-electron chi connectivity index (χ2n) is 6.46. The molecule has 1 N–H and O–H groups in total. The van der Waals surface area contributed by atoms with Gasteiger partial charge in [0.15, 0.2) is 0 Å². The summed E-state index contributed by atoms with van der Waals surface area (Å²) in [5.41, 5.74) is 0.690. The molecule has 1 aliphatic heterocycles. The molecule has 1 heterocycles. The summed E-state index contributed by atoms with van der Waals surface area (Å²) in [6.45, 7) is 8.83. The largest absolute Gasteiger partial charge is 0.481 e. The van der Waals surface area contributed by atoms with E-state index < -0.39 is 11.4 Å². The van der Waals surface area contributed by atoms with Crippen molar-refractivity contribution >= 4 is 11.7 Å². The molecule has 1 aliphatic rings. The number of aliphatic carboxylic acids is 1. The van der Waals surface area contributed by atoms with E-state index in [0.29, 0.717) is 0 Å². The Bertz CT molecular complexity index is 451. The summed E-state index contributed by atoms with van der Waals surface area (Å²) >= 11 is 0. The Labute approximate surface area is 127 Å². The number of hydrogen-bond donors (Lipinski definition) is 1. The molecular weight excluding hydrogens is 264 g/mol. The van der Waals surface area contributed by atoms with Crippen LogP contribution >= 0.6 is 0 Å². The fraction of sp³-hybridized carbons (Fsp3) is 0.588. The second kappa shape index (κ2) is 6.94. The van der Waals surface area contributed by atoms with Gasteiger partial charge in [-0.25, -0.2) is 0 Å². The molecule has 1 saturated heterocycles. The van der Waals surface area contributed by atoms with Gasteiger partial charge < -0.3 is 10.0 Å². The predicted octanol–water partition coefficient (Wildman–Crippen LogP) is 2.70. The molecule has 0 aromatic heterocycles. The van der Waals surface area contributed by atoms with Crippen LogP contribution in [0.1, 0.15) is 26.7 Å². The van der Waals surface area contributed by atoms with Gasteiger partial charge in [0.2, 0.25) is 0 Å². The van der Waals surface area contributed by atoms with Crippen molar-refractivity contribution in [2.45, 2.75) is 26.7 Å². The van der Waals surface area contributed by atoms with E-state index in [0.717, 1.165) is 45.6 Å². The number of rotatable bonds is 6. The average molecular weight is 290 g/mol. The number of piperazine rings is 1. The first-order valence-electron chi connectivity index (χ1n) is 7.75. The van der Waals surface area contributed by atoms with Crippen molar-refractivity contribution in [3.05, 3.63) is 30.3 Å². The van der Waals surface area contributed by atoms with Crippen LogP contribution in [0.25, 0.3) is 0 Å². The Balaban J connectivity index is 1.71. The molecule has 4 heteroatoms. The SMILES string of the molecule is CC(C)(CCCN1CCN(c2ccccc2)CC1)C(=O)O. The van der Waals surface area contributed by atoms with Gasteiger partial charge in [0.1, 0.15) is 0 Å². The van der Waals surface area contributed by atoms with Gasteiger partial charge >= 0.3 is 5.97 Å². The lowest BCUT2D eigenvalue weighted by atomic mass is 9.88. The van der Waals surface area contributed by atoms with Crippen molar-refractivity contribution in [3.8, 4) is 0 Å². The zero-order valence-electron chi connectivity index (χ0n) is 13.1. The van der Waals surface area contributed by atoms with Gasteiger partial charge in [-0.1, -0.05) is 18.2 Å². The maximum Gasteiger partial charge on any atom is 0.309 e. The molecule has 0 amide bonds. The van der Waals surface area contributed by atoms with Crippen LogP contribution in [0.15, 0.2) is 30.3 Å². The molecule has 2 rings (SSSR count). The number of hydrogen-bond acceptors (Lipinski definition) is 3. The Morgan fingerprint density at radius 2 is 1.76 bits per heavy atom. The molecule has 1 aromatic carbocycles. The zero-order chi connectivity index (χ0) is 15.3. The third-order valence-electron chi connectivity index (χ3n) is 4.35. The maximum absolute atomic E-state index is 11.1. The van der Waals surface area contributed by atoms with Crippen molar-refractivity contribution in [1.82, 2.24) is 4.90 Å². The minimum Gasteiger partial charge on any atom is -0.481 e. The Kier molecular flexibility index (Phi) is 5.23. The first-order chi connectivity index (χ1) is 9.99. The highest BCUT2D eigenvalue weighted by Crippen LogP contribution is 2.23. The standard InChI is InChI=1S/C17H26N2O2/c1-17(2,16(20)21)9-6-10-18-11-13-19(14-12-18)15-7-4-3-5-8-15/h3-5,7-8H,6,9-14H2,1-2H3,(H,20,21). The summed E-state index contributed by atoms with van der Waals surface area (Å²) in [5, 5.41) is 9.12. The lowest BCUT2D eigenvalue weighted by Crippen LogP contribution is -2.46. The molecule has 0 aliphatic carbocycles. The number of carboxylic acids is 1. The van der Waals surface area contributed by atoms with Crippen molar-refractivity contribution in [1.29, 1.82) is 0 Å². The average Bonchev–Trinajstić information content (AvgIpc) is 2.48. The molecule has 0 unspecified atom stereocenters. The van der Waals surface area contributed by atoms with Crippen molar-refractivity contribution in [3.63, 3.8) is 0 Å². The lowest BCUT2D eigenvalue weighted by molar-refractivity contribution is -0.147. The molecule has 0 saturated carbocycles. The fourth-order valence-electron chi connectivity index (χ4n) is 2.72. The maximum atomic E-state index is 11.1. The van der Waals surface area contributed by atoms with Crippen LogP contribution in [-0.4, -0.2) is 48.7 Å². The van der Waals surface area contributed by atoms with Gasteiger partial charge in [-0.3, -0.25) is 9.69 Å². The zero-order valence-corrected chi connectivity index (χ0v) is 13.1. The van der Waals surface area contributed by atoms with E-state index in [1.54, 1.807) is 0 Å². The Hall–Kier alpha value is -1.55. The van der Waals surface area contributed by atoms with E-state index in [2.05, 4.69) is 34.1 Å². The van der Waals surface area contributed by atoms with Crippen LogP contribution in [0.2, 0.25) is 0 Å². The summed E-state index contributed by atoms with van der Waals surface area (Å²) in [4.78, 5) is 15.9. The Morgan fingerprint density at radius 3 is 2.33 bits per heavy atom. The monoisotopic (exact) mass is 290 g/mol. The number of anilines is 1. The topological polar surface area (TPSA) is 43.8 Å². The molecule has 0 radical (unpaired) electrons. The highest BCUT2D eigenvalue weighted by atomic mass is 16.4. The van der Waals surface area contributed by atoms with Gasteiger partial charge in [-0.05, 0) is 45.4 Å². The van der Waals surface area contributed by atoms with Crippen molar-refractivity contribution < 1.29 is 9.90 Å². The minimum absolute atomic E-state index is 0.605. The van der Waals surface area contributed by atoms with E-state index >= 15 is 0 Å². The second-order valence-corrected chi connectivity index (χ2v) is 6.46. The third-order valence-corrected chi connectivity index (χ3v) is 4.35. The van der Waals surface area contributed by atoms with Crippen LogP contribution in [-0.2, 0) is 4.79 Å². The normalized spacial score (nSPS) is 17.0. The van der Waals surface area contributed by atoms with Gasteiger partial charge in [-0.15, -0.1) is 0 Å². The summed E-state index contributed by atoms with van der Waals surface area (Å²) in [6.07, 6.45) is 1.69. The highest BCUT2D eigenvalue weighted by molar-refractivity contribution is 5.73. The van der Waals surface area contributed by atoms with Crippen molar-refractivity contribution in [2.75, 3.05) is 37.6 Å². The third kappa shape index (κ3) is 4.46. The number of benzene rings is 1. The summed E-state index contributed by atoms with van der Waals surface area (Å²) in [6, 6.07) is 10.5. The molecule has 21 heavy (non-hydrogen) atoms. The van der Waals surface area contributed by atoms with Gasteiger partial charge in [-0.2, -0.15) is 0 Å². The number of nitrogens with zero attached hydrogens (tertiary/aromatic N) is 2.